The van der Waals surface area contributed by atoms with Crippen LogP contribution in [0.4, 0.5) is 4.79 Å². The molecule has 2 amide bonds. The summed E-state index contributed by atoms with van der Waals surface area (Å²) in [6.45, 7) is 4.25. The Hall–Kier alpha value is -2.64. The SMILES string of the molecule is CCOC(=O)C1=C(CN2CCc3ccccc3C2)NC(=O)N[C@@H]1c1cccs1. The molecule has 146 valence electrons. The average Bonchev–Trinajstić information content (AvgIpc) is 3.22. The molecule has 2 aliphatic heterocycles. The summed E-state index contributed by atoms with van der Waals surface area (Å²) in [6, 6.07) is 11.5. The van der Waals surface area contributed by atoms with Gasteiger partial charge in [-0.2, -0.15) is 0 Å². The maximum atomic E-state index is 12.8. The van der Waals surface area contributed by atoms with Gasteiger partial charge in [0.15, 0.2) is 0 Å². The molecule has 0 unspecified atom stereocenters. The maximum absolute atomic E-state index is 12.8. The van der Waals surface area contributed by atoms with E-state index in [4.69, 9.17) is 4.74 Å². The average molecular weight is 398 g/mol. The molecule has 0 radical (unpaired) electrons. The zero-order chi connectivity index (χ0) is 19.5. The number of thiophene rings is 1. The highest BCUT2D eigenvalue weighted by atomic mass is 32.1. The Morgan fingerprint density at radius 1 is 1.25 bits per heavy atom. The highest BCUT2D eigenvalue weighted by Gasteiger charge is 2.35. The van der Waals surface area contributed by atoms with Crippen molar-refractivity contribution in [3.05, 3.63) is 69.1 Å². The van der Waals surface area contributed by atoms with E-state index in [-0.39, 0.29) is 18.6 Å². The minimum atomic E-state index is -0.486. The number of nitrogens with zero attached hydrogens (tertiary/aromatic N) is 1. The van der Waals surface area contributed by atoms with Crippen molar-refractivity contribution in [1.29, 1.82) is 0 Å². The predicted octanol–water partition coefficient (Wildman–Crippen LogP) is 2.98. The molecule has 7 heteroatoms. The van der Waals surface area contributed by atoms with E-state index in [1.807, 2.05) is 23.6 Å². The molecule has 1 aromatic carbocycles. The van der Waals surface area contributed by atoms with Crippen LogP contribution in [-0.2, 0) is 22.5 Å². The number of rotatable bonds is 5. The molecular weight excluding hydrogens is 374 g/mol. The molecule has 1 aromatic heterocycles. The first-order valence-corrected chi connectivity index (χ1v) is 10.3. The van der Waals surface area contributed by atoms with Crippen molar-refractivity contribution < 1.29 is 14.3 Å². The van der Waals surface area contributed by atoms with E-state index in [1.54, 1.807) is 6.92 Å². The molecule has 0 saturated carbocycles. The highest BCUT2D eigenvalue weighted by Crippen LogP contribution is 2.31. The molecule has 2 aliphatic rings. The molecule has 0 bridgehead atoms. The van der Waals surface area contributed by atoms with Crippen LogP contribution in [0, 0.1) is 0 Å². The van der Waals surface area contributed by atoms with Crippen molar-refractivity contribution in [1.82, 2.24) is 15.5 Å². The van der Waals surface area contributed by atoms with Gasteiger partial charge in [-0.3, -0.25) is 4.90 Å². The summed E-state index contributed by atoms with van der Waals surface area (Å²) in [5, 5.41) is 7.67. The standard InChI is InChI=1S/C21H23N3O3S/c1-2-27-20(25)18-16(22-21(26)23-19(18)17-8-5-11-28-17)13-24-10-9-14-6-3-4-7-15(14)12-24/h3-8,11,19H,2,9-10,12-13H2,1H3,(H2,22,23,26)/t19-/m1/s1. The lowest BCUT2D eigenvalue weighted by atomic mass is 9.98. The van der Waals surface area contributed by atoms with Gasteiger partial charge in [-0.05, 0) is 35.9 Å². The Bertz CT molecular complexity index is 907. The summed E-state index contributed by atoms with van der Waals surface area (Å²) >= 11 is 1.51. The van der Waals surface area contributed by atoms with E-state index in [1.165, 1.54) is 22.5 Å². The molecule has 0 spiro atoms. The van der Waals surface area contributed by atoms with Gasteiger partial charge in [0.1, 0.15) is 0 Å². The zero-order valence-electron chi connectivity index (χ0n) is 15.7. The minimum absolute atomic E-state index is 0.289. The normalized spacial score (nSPS) is 19.6. The van der Waals surface area contributed by atoms with Crippen LogP contribution >= 0.6 is 11.3 Å². The fourth-order valence-corrected chi connectivity index (χ4v) is 4.56. The van der Waals surface area contributed by atoms with Gasteiger partial charge in [0, 0.05) is 30.2 Å². The molecule has 2 aromatic rings. The van der Waals surface area contributed by atoms with Gasteiger partial charge in [0.25, 0.3) is 0 Å². The van der Waals surface area contributed by atoms with Gasteiger partial charge in [-0.1, -0.05) is 30.3 Å². The van der Waals surface area contributed by atoms with E-state index >= 15 is 0 Å². The first kappa shape index (κ1) is 18.7. The van der Waals surface area contributed by atoms with Crippen LogP contribution in [0.15, 0.2) is 53.0 Å². The third-order valence-electron chi connectivity index (χ3n) is 5.07. The minimum Gasteiger partial charge on any atom is -0.463 e. The number of ether oxygens (including phenoxy) is 1. The summed E-state index contributed by atoms with van der Waals surface area (Å²) in [6.07, 6.45) is 0.957. The quantitative estimate of drug-likeness (QED) is 0.761. The molecule has 0 saturated heterocycles. The number of hydrogen-bond acceptors (Lipinski definition) is 5. The molecular formula is C21H23N3O3S. The Morgan fingerprint density at radius 3 is 2.82 bits per heavy atom. The van der Waals surface area contributed by atoms with Gasteiger partial charge in [0.2, 0.25) is 0 Å². The van der Waals surface area contributed by atoms with Crippen molar-refractivity contribution in [2.45, 2.75) is 25.9 Å². The van der Waals surface area contributed by atoms with Crippen LogP contribution < -0.4 is 10.6 Å². The highest BCUT2D eigenvalue weighted by molar-refractivity contribution is 7.10. The van der Waals surface area contributed by atoms with Gasteiger partial charge < -0.3 is 15.4 Å². The number of esters is 1. The largest absolute Gasteiger partial charge is 0.463 e. The summed E-state index contributed by atoms with van der Waals surface area (Å²) in [4.78, 5) is 28.3. The molecule has 0 fully saturated rings. The topological polar surface area (TPSA) is 70.7 Å². The van der Waals surface area contributed by atoms with Crippen molar-refractivity contribution in [3.8, 4) is 0 Å². The van der Waals surface area contributed by atoms with Crippen molar-refractivity contribution >= 4 is 23.3 Å². The predicted molar refractivity (Wildman–Crippen MR) is 108 cm³/mol. The summed E-state index contributed by atoms with van der Waals surface area (Å²) in [5.74, 6) is -0.388. The lowest BCUT2D eigenvalue weighted by Gasteiger charge is -2.33. The number of nitrogens with one attached hydrogen (secondary N) is 2. The van der Waals surface area contributed by atoms with E-state index in [9.17, 15) is 9.59 Å². The Kier molecular flexibility index (Phi) is 5.45. The Balaban J connectivity index is 1.65. The zero-order valence-corrected chi connectivity index (χ0v) is 16.6. The first-order valence-electron chi connectivity index (χ1n) is 9.46. The maximum Gasteiger partial charge on any atom is 0.338 e. The number of carbonyl (C=O) groups is 2. The number of hydrogen-bond donors (Lipinski definition) is 2. The summed E-state index contributed by atoms with van der Waals surface area (Å²) in [7, 11) is 0. The molecule has 28 heavy (non-hydrogen) atoms. The fourth-order valence-electron chi connectivity index (χ4n) is 3.77. The smallest absolute Gasteiger partial charge is 0.338 e. The van der Waals surface area contributed by atoms with Crippen LogP contribution in [-0.4, -0.2) is 36.6 Å². The van der Waals surface area contributed by atoms with E-state index in [2.05, 4.69) is 33.7 Å². The third-order valence-corrected chi connectivity index (χ3v) is 6.01. The fraction of sp³-hybridized carbons (Fsp3) is 0.333. The van der Waals surface area contributed by atoms with E-state index in [0.717, 1.165) is 24.4 Å². The van der Waals surface area contributed by atoms with Gasteiger partial charge in [-0.25, -0.2) is 9.59 Å². The molecule has 0 aliphatic carbocycles. The van der Waals surface area contributed by atoms with Crippen LogP contribution in [0.1, 0.15) is 29.0 Å². The lowest BCUT2D eigenvalue weighted by molar-refractivity contribution is -0.139. The number of amides is 2. The number of benzene rings is 1. The van der Waals surface area contributed by atoms with E-state index in [0.29, 0.717) is 17.8 Å². The third kappa shape index (κ3) is 3.81. The van der Waals surface area contributed by atoms with Crippen molar-refractivity contribution in [2.24, 2.45) is 0 Å². The van der Waals surface area contributed by atoms with Gasteiger partial charge in [0.05, 0.1) is 18.2 Å². The van der Waals surface area contributed by atoms with Gasteiger partial charge in [-0.15, -0.1) is 11.3 Å². The molecule has 2 N–H and O–H groups in total. The van der Waals surface area contributed by atoms with E-state index < -0.39 is 6.04 Å². The summed E-state index contributed by atoms with van der Waals surface area (Å²) in [5.41, 5.74) is 3.77. The van der Waals surface area contributed by atoms with Crippen molar-refractivity contribution in [3.63, 3.8) is 0 Å². The summed E-state index contributed by atoms with van der Waals surface area (Å²) < 4.78 is 5.32. The molecule has 1 atom stereocenters. The monoisotopic (exact) mass is 397 g/mol. The first-order chi connectivity index (χ1) is 13.7. The molecule has 3 heterocycles. The number of fused-ring (bicyclic) bond motifs is 1. The Labute approximate surface area is 168 Å². The van der Waals surface area contributed by atoms with Crippen LogP contribution in [0.3, 0.4) is 0 Å². The molecule has 4 rings (SSSR count). The second-order valence-electron chi connectivity index (χ2n) is 6.89. The number of carbonyl (C=O) groups excluding carboxylic acids is 2. The van der Waals surface area contributed by atoms with Gasteiger partial charge >= 0.3 is 12.0 Å². The van der Waals surface area contributed by atoms with Crippen LogP contribution in [0.5, 0.6) is 0 Å². The Morgan fingerprint density at radius 2 is 2.07 bits per heavy atom. The van der Waals surface area contributed by atoms with Crippen LogP contribution in [0.25, 0.3) is 0 Å². The van der Waals surface area contributed by atoms with Crippen molar-refractivity contribution in [2.75, 3.05) is 19.7 Å². The molecule has 6 nitrogen and oxygen atoms in total. The second kappa shape index (κ2) is 8.16. The number of urea groups is 1. The second-order valence-corrected chi connectivity index (χ2v) is 7.87. The van der Waals surface area contributed by atoms with Crippen LogP contribution in [0.2, 0.25) is 0 Å². The lowest BCUT2D eigenvalue weighted by Crippen LogP contribution is -2.48.